The van der Waals surface area contributed by atoms with Crippen LogP contribution in [0.2, 0.25) is 0 Å². The normalized spacial score (nSPS) is 7.69. The minimum absolute atomic E-state index is 0.0388. The van der Waals surface area contributed by atoms with Crippen LogP contribution >= 0.6 is 0 Å². The molecule has 1 N–H and O–H groups in total. The number of rotatable bonds is 3. The molecule has 0 radical (unpaired) electrons. The van der Waals surface area contributed by atoms with Crippen molar-refractivity contribution in [3.05, 3.63) is 0 Å². The summed E-state index contributed by atoms with van der Waals surface area (Å²) in [6, 6.07) is 0. The Labute approximate surface area is 83.5 Å². The lowest BCUT2D eigenvalue weighted by molar-refractivity contribution is -0.118. The minimum Gasteiger partial charge on any atom is -0.355 e. The molecule has 0 aliphatic carbocycles. The van der Waals surface area contributed by atoms with Gasteiger partial charge in [-0.15, -0.1) is 0 Å². The van der Waals surface area contributed by atoms with Gasteiger partial charge in [-0.25, -0.2) is 0 Å². The predicted molar refractivity (Wildman–Crippen MR) is 59.9 cm³/mol. The summed E-state index contributed by atoms with van der Waals surface area (Å²) >= 11 is 0. The summed E-state index contributed by atoms with van der Waals surface area (Å²) in [5.41, 5.74) is 0. The Morgan fingerprint density at radius 1 is 1.15 bits per heavy atom. The van der Waals surface area contributed by atoms with Gasteiger partial charge < -0.3 is 10.2 Å². The van der Waals surface area contributed by atoms with E-state index >= 15 is 0 Å². The summed E-state index contributed by atoms with van der Waals surface area (Å²) in [6.45, 7) is 11.2. The molecule has 3 nitrogen and oxygen atoms in total. The van der Waals surface area contributed by atoms with Gasteiger partial charge in [-0.3, -0.25) is 4.79 Å². The van der Waals surface area contributed by atoms with Gasteiger partial charge in [-0.1, -0.05) is 27.7 Å². The molecule has 0 saturated carbocycles. The topological polar surface area (TPSA) is 32.3 Å². The SMILES string of the molecule is CC.CC.CC(=O)NCCN(C)C. The lowest BCUT2D eigenvalue weighted by Crippen LogP contribution is -2.29. The second-order valence-electron chi connectivity index (χ2n) is 2.29. The maximum absolute atomic E-state index is 10.3. The van der Waals surface area contributed by atoms with Gasteiger partial charge in [0.2, 0.25) is 5.91 Å². The Hall–Kier alpha value is -0.570. The van der Waals surface area contributed by atoms with Crippen molar-refractivity contribution < 1.29 is 4.79 Å². The highest BCUT2D eigenvalue weighted by Crippen LogP contribution is 1.69. The van der Waals surface area contributed by atoms with E-state index in [9.17, 15) is 4.79 Å². The molecule has 0 rings (SSSR count). The van der Waals surface area contributed by atoms with Crippen molar-refractivity contribution in [2.75, 3.05) is 27.2 Å². The van der Waals surface area contributed by atoms with Crippen molar-refractivity contribution in [3.63, 3.8) is 0 Å². The summed E-state index contributed by atoms with van der Waals surface area (Å²) in [7, 11) is 3.95. The fourth-order valence-corrected chi connectivity index (χ4v) is 0.456. The molecule has 0 heterocycles. The van der Waals surface area contributed by atoms with Crippen LogP contribution in [-0.4, -0.2) is 38.0 Å². The van der Waals surface area contributed by atoms with Gasteiger partial charge in [0.25, 0.3) is 0 Å². The van der Waals surface area contributed by atoms with Crippen molar-refractivity contribution in [1.29, 1.82) is 0 Å². The van der Waals surface area contributed by atoms with Gasteiger partial charge in [0.1, 0.15) is 0 Å². The van der Waals surface area contributed by atoms with Crippen LogP contribution in [0, 0.1) is 0 Å². The van der Waals surface area contributed by atoms with Gasteiger partial charge in [0, 0.05) is 20.0 Å². The van der Waals surface area contributed by atoms with Gasteiger partial charge in [0.05, 0.1) is 0 Å². The fraction of sp³-hybridized carbons (Fsp3) is 0.900. The number of likely N-dealkylation sites (N-methyl/N-ethyl adjacent to an activating group) is 1. The third kappa shape index (κ3) is 34.5. The Balaban J connectivity index is -0.000000218. The summed E-state index contributed by atoms with van der Waals surface area (Å²) in [4.78, 5) is 12.3. The molecule has 0 bridgehead atoms. The van der Waals surface area contributed by atoms with Crippen molar-refractivity contribution in [2.45, 2.75) is 34.6 Å². The molecule has 0 aromatic heterocycles. The molecule has 82 valence electrons. The average molecular weight is 190 g/mol. The Morgan fingerprint density at radius 2 is 1.54 bits per heavy atom. The van der Waals surface area contributed by atoms with Gasteiger partial charge in [-0.2, -0.15) is 0 Å². The zero-order valence-electron chi connectivity index (χ0n) is 10.3. The molecule has 0 aliphatic heterocycles. The number of nitrogens with one attached hydrogen (secondary N) is 1. The molecular weight excluding hydrogens is 164 g/mol. The van der Waals surface area contributed by atoms with Crippen molar-refractivity contribution in [1.82, 2.24) is 10.2 Å². The van der Waals surface area contributed by atoms with Crippen molar-refractivity contribution in [2.24, 2.45) is 0 Å². The van der Waals surface area contributed by atoms with Crippen LogP contribution in [0.15, 0.2) is 0 Å². The van der Waals surface area contributed by atoms with Crippen molar-refractivity contribution >= 4 is 5.91 Å². The smallest absolute Gasteiger partial charge is 0.216 e. The quantitative estimate of drug-likeness (QED) is 0.735. The summed E-state index contributed by atoms with van der Waals surface area (Å²) in [6.07, 6.45) is 0. The van der Waals surface area contributed by atoms with E-state index < -0.39 is 0 Å². The number of hydrogen-bond donors (Lipinski definition) is 1. The summed E-state index contributed by atoms with van der Waals surface area (Å²) in [5, 5.41) is 2.70. The predicted octanol–water partition coefficient (Wildman–Crippen LogP) is 1.74. The van der Waals surface area contributed by atoms with Crippen LogP contribution in [0.4, 0.5) is 0 Å². The van der Waals surface area contributed by atoms with E-state index in [-0.39, 0.29) is 5.91 Å². The number of hydrogen-bond acceptors (Lipinski definition) is 2. The zero-order chi connectivity index (χ0) is 11.3. The van der Waals surface area contributed by atoms with Gasteiger partial charge in [-0.05, 0) is 14.1 Å². The average Bonchev–Trinajstić information content (AvgIpc) is 2.10. The maximum atomic E-state index is 10.3. The zero-order valence-corrected chi connectivity index (χ0v) is 10.3. The maximum Gasteiger partial charge on any atom is 0.216 e. The first-order valence-corrected chi connectivity index (χ1v) is 5.02. The van der Waals surface area contributed by atoms with E-state index in [1.165, 1.54) is 6.92 Å². The fourth-order valence-electron chi connectivity index (χ4n) is 0.456. The van der Waals surface area contributed by atoms with Crippen LogP contribution in [0.25, 0.3) is 0 Å². The lowest BCUT2D eigenvalue weighted by Gasteiger charge is -2.08. The van der Waals surface area contributed by atoms with E-state index in [4.69, 9.17) is 0 Å². The first-order chi connectivity index (χ1) is 6.13. The second-order valence-corrected chi connectivity index (χ2v) is 2.29. The molecule has 0 spiro atoms. The standard InChI is InChI=1S/C6H14N2O.2C2H6/c1-6(9)7-4-5-8(2)3;2*1-2/h4-5H2,1-3H3,(H,7,9);2*1-2H3. The first kappa shape index (κ1) is 18.3. The molecule has 0 aromatic carbocycles. The molecule has 0 saturated heterocycles. The van der Waals surface area contributed by atoms with E-state index in [2.05, 4.69) is 5.32 Å². The Kier molecular flexibility index (Phi) is 24.6. The number of carbonyl (C=O) groups is 1. The van der Waals surface area contributed by atoms with Crippen LogP contribution in [-0.2, 0) is 4.79 Å². The van der Waals surface area contributed by atoms with E-state index in [0.29, 0.717) is 0 Å². The summed E-state index contributed by atoms with van der Waals surface area (Å²) < 4.78 is 0. The Bertz CT molecular complexity index is 92.9. The van der Waals surface area contributed by atoms with Crippen LogP contribution < -0.4 is 5.32 Å². The largest absolute Gasteiger partial charge is 0.355 e. The molecule has 0 aliphatic rings. The second kappa shape index (κ2) is 17.5. The summed E-state index contributed by atoms with van der Waals surface area (Å²) in [5.74, 6) is 0.0388. The monoisotopic (exact) mass is 190 g/mol. The van der Waals surface area contributed by atoms with E-state index in [1.807, 2.05) is 46.7 Å². The van der Waals surface area contributed by atoms with E-state index in [1.54, 1.807) is 0 Å². The number of amides is 1. The molecule has 0 atom stereocenters. The molecule has 1 amide bonds. The van der Waals surface area contributed by atoms with Crippen LogP contribution in [0.3, 0.4) is 0 Å². The van der Waals surface area contributed by atoms with Gasteiger partial charge >= 0.3 is 0 Å². The van der Waals surface area contributed by atoms with Crippen molar-refractivity contribution in [3.8, 4) is 0 Å². The lowest BCUT2D eigenvalue weighted by atomic mass is 10.5. The molecule has 3 heteroatoms. The molecule has 0 aromatic rings. The Morgan fingerprint density at radius 3 is 1.77 bits per heavy atom. The third-order valence-electron chi connectivity index (χ3n) is 0.933. The number of nitrogens with zero attached hydrogens (tertiary/aromatic N) is 1. The highest BCUT2D eigenvalue weighted by Gasteiger charge is 1.90. The third-order valence-corrected chi connectivity index (χ3v) is 0.933. The van der Waals surface area contributed by atoms with E-state index in [0.717, 1.165) is 13.1 Å². The minimum atomic E-state index is 0.0388. The highest BCUT2D eigenvalue weighted by molar-refractivity contribution is 5.72. The van der Waals surface area contributed by atoms with Gasteiger partial charge in [0.15, 0.2) is 0 Å². The molecule has 0 unspecified atom stereocenters. The molecular formula is C10H26N2O. The van der Waals surface area contributed by atoms with Crippen LogP contribution in [0.5, 0.6) is 0 Å². The number of carbonyl (C=O) groups excluding carboxylic acids is 1. The van der Waals surface area contributed by atoms with Crippen LogP contribution in [0.1, 0.15) is 34.6 Å². The molecule has 13 heavy (non-hydrogen) atoms. The highest BCUT2D eigenvalue weighted by atomic mass is 16.1. The first-order valence-electron chi connectivity index (χ1n) is 5.02. The molecule has 0 fully saturated rings.